The van der Waals surface area contributed by atoms with Gasteiger partial charge in [0.05, 0.1) is 24.8 Å². The van der Waals surface area contributed by atoms with Crippen LogP contribution in [0.4, 0.5) is 0 Å². The highest BCUT2D eigenvalue weighted by Gasteiger charge is 2.44. The zero-order valence-corrected chi connectivity index (χ0v) is 43.2. The molecule has 3 aliphatic heterocycles. The van der Waals surface area contributed by atoms with E-state index in [1.807, 2.05) is 14.7 Å². The van der Waals surface area contributed by atoms with Gasteiger partial charge in [0.15, 0.2) is 0 Å². The third kappa shape index (κ3) is 22.1. The van der Waals surface area contributed by atoms with Crippen molar-refractivity contribution in [2.24, 2.45) is 50.2 Å². The number of hydrogen-bond acceptors (Lipinski definition) is 5. The lowest BCUT2D eigenvalue weighted by molar-refractivity contribution is -0.160. The summed E-state index contributed by atoms with van der Waals surface area (Å²) in [4.78, 5) is 43.3. The first-order chi connectivity index (χ1) is 26.9. The van der Waals surface area contributed by atoms with Crippen LogP contribution in [0, 0.1) is 50.2 Å². The van der Waals surface area contributed by atoms with Crippen molar-refractivity contribution in [1.29, 1.82) is 0 Å². The zero-order chi connectivity index (χ0) is 46.7. The topological polar surface area (TPSA) is 101 Å². The molecule has 3 atom stereocenters. The van der Waals surface area contributed by atoms with Crippen LogP contribution >= 0.6 is 0 Å². The van der Waals surface area contributed by atoms with Crippen LogP contribution < -0.4 is 0 Å². The number of nitrogens with zero attached hydrogens (tertiary/aromatic N) is 3. The minimum Gasteiger partial charge on any atom is -0.389 e. The minimum absolute atomic E-state index is 0.000637. The second-order valence-corrected chi connectivity index (χ2v) is 26.4. The SMILES string of the molecule is CC(C)(C)CCCCC(C(=O)N1CC(C)(O)C1)C(C)(C)C.CC(C)(C)CCCCC(C(=O)N1CC(O)C1)C(C)(C)C.CC(C)(C)CCCCC(C(=O)N1CCC1)C(C)(C)C. The van der Waals surface area contributed by atoms with E-state index in [9.17, 15) is 24.6 Å². The first kappa shape index (κ1) is 56.3. The Labute approximate surface area is 372 Å². The Bertz CT molecular complexity index is 1280. The lowest BCUT2D eigenvalue weighted by Gasteiger charge is -2.47. The van der Waals surface area contributed by atoms with Gasteiger partial charge in [-0.3, -0.25) is 14.4 Å². The van der Waals surface area contributed by atoms with E-state index in [1.54, 1.807) is 6.92 Å². The lowest BCUT2D eigenvalue weighted by atomic mass is 9.75. The maximum absolute atomic E-state index is 12.7. The van der Waals surface area contributed by atoms with E-state index in [2.05, 4.69) is 125 Å². The predicted molar refractivity (Wildman–Crippen MR) is 254 cm³/mol. The number of aliphatic hydroxyl groups is 2. The number of carbonyl (C=O) groups is 3. The minimum atomic E-state index is -0.676. The van der Waals surface area contributed by atoms with E-state index < -0.39 is 5.60 Å². The Morgan fingerprint density at radius 1 is 0.500 bits per heavy atom. The molecule has 8 heteroatoms. The molecular formula is C52H101N3O5. The summed E-state index contributed by atoms with van der Waals surface area (Å²) >= 11 is 0. The molecule has 2 N–H and O–H groups in total. The van der Waals surface area contributed by atoms with E-state index in [-0.39, 0.29) is 51.9 Å². The third-order valence-electron chi connectivity index (χ3n) is 12.8. The van der Waals surface area contributed by atoms with Gasteiger partial charge in [-0.1, -0.05) is 163 Å². The van der Waals surface area contributed by atoms with Crippen LogP contribution in [0.3, 0.4) is 0 Å². The molecule has 354 valence electrons. The molecule has 3 heterocycles. The number of unbranched alkanes of at least 4 members (excludes halogenated alkanes) is 3. The molecule has 0 radical (unpaired) electrons. The Morgan fingerprint density at radius 2 is 0.783 bits per heavy atom. The number of likely N-dealkylation sites (tertiary alicyclic amines) is 3. The molecule has 3 unspecified atom stereocenters. The average Bonchev–Trinajstić information content (AvgIpc) is 2.97. The summed E-state index contributed by atoms with van der Waals surface area (Å²) in [7, 11) is 0. The Hall–Kier alpha value is -1.67. The smallest absolute Gasteiger partial charge is 0.226 e. The molecule has 0 aromatic rings. The molecule has 8 nitrogen and oxygen atoms in total. The molecule has 3 saturated heterocycles. The first-order valence-electron chi connectivity index (χ1n) is 24.2. The van der Waals surface area contributed by atoms with Gasteiger partial charge in [-0.15, -0.1) is 0 Å². The Kier molecular flexibility index (Phi) is 21.4. The van der Waals surface area contributed by atoms with Crippen LogP contribution in [0.1, 0.15) is 215 Å². The quantitative estimate of drug-likeness (QED) is 0.160. The van der Waals surface area contributed by atoms with E-state index >= 15 is 0 Å². The third-order valence-corrected chi connectivity index (χ3v) is 12.8. The normalized spacial score (nSPS) is 19.1. The van der Waals surface area contributed by atoms with Gasteiger partial charge < -0.3 is 24.9 Å². The van der Waals surface area contributed by atoms with Gasteiger partial charge in [0.2, 0.25) is 17.7 Å². The summed E-state index contributed by atoms with van der Waals surface area (Å²) in [6, 6.07) is 0. The molecule has 0 saturated carbocycles. The van der Waals surface area contributed by atoms with E-state index in [4.69, 9.17) is 0 Å². The summed E-state index contributed by atoms with van der Waals surface area (Å²) in [5, 5.41) is 19.2. The highest BCUT2D eigenvalue weighted by Crippen LogP contribution is 2.37. The van der Waals surface area contributed by atoms with Crippen molar-refractivity contribution in [1.82, 2.24) is 14.7 Å². The van der Waals surface area contributed by atoms with Crippen molar-refractivity contribution >= 4 is 17.7 Å². The summed E-state index contributed by atoms with van der Waals surface area (Å²) in [5.41, 5.74) is 0.567. The monoisotopic (exact) mass is 848 g/mol. The molecule has 0 aliphatic carbocycles. The maximum atomic E-state index is 12.7. The molecule has 3 fully saturated rings. The molecular weight excluding hydrogens is 747 g/mol. The van der Waals surface area contributed by atoms with Gasteiger partial charge in [-0.2, -0.15) is 0 Å². The number of carbonyl (C=O) groups excluding carboxylic acids is 3. The number of hydrogen-bond donors (Lipinski definition) is 2. The van der Waals surface area contributed by atoms with Gasteiger partial charge in [-0.25, -0.2) is 0 Å². The van der Waals surface area contributed by atoms with Crippen molar-refractivity contribution in [3.63, 3.8) is 0 Å². The molecule has 60 heavy (non-hydrogen) atoms. The molecule has 0 spiro atoms. The van der Waals surface area contributed by atoms with Crippen LogP contribution in [-0.4, -0.2) is 93.6 Å². The van der Waals surface area contributed by atoms with Crippen molar-refractivity contribution in [3.8, 4) is 0 Å². The second-order valence-electron chi connectivity index (χ2n) is 26.4. The van der Waals surface area contributed by atoms with Crippen LogP contribution in [0.5, 0.6) is 0 Å². The largest absolute Gasteiger partial charge is 0.389 e. The fourth-order valence-electron chi connectivity index (χ4n) is 8.56. The van der Waals surface area contributed by atoms with E-state index in [1.165, 1.54) is 51.4 Å². The summed E-state index contributed by atoms with van der Waals surface area (Å²) < 4.78 is 0. The molecule has 3 rings (SSSR count). The average molecular weight is 848 g/mol. The highest BCUT2D eigenvalue weighted by molar-refractivity contribution is 5.81. The molecule has 0 aromatic carbocycles. The highest BCUT2D eigenvalue weighted by atomic mass is 16.3. The Morgan fingerprint density at radius 3 is 1.00 bits per heavy atom. The van der Waals surface area contributed by atoms with Crippen LogP contribution in [0.2, 0.25) is 0 Å². The molecule has 0 aromatic heterocycles. The summed E-state index contributed by atoms with van der Waals surface area (Å²) in [5.74, 6) is 1.20. The fourth-order valence-corrected chi connectivity index (χ4v) is 8.56. The van der Waals surface area contributed by atoms with Crippen LogP contribution in [-0.2, 0) is 14.4 Å². The summed E-state index contributed by atoms with van der Waals surface area (Å²) in [6.45, 7) is 45.8. The number of aliphatic hydroxyl groups excluding tert-OH is 1. The van der Waals surface area contributed by atoms with Crippen LogP contribution in [0.25, 0.3) is 0 Å². The van der Waals surface area contributed by atoms with E-state index in [0.29, 0.717) is 48.3 Å². The molecule has 3 amide bonds. The number of rotatable bonds is 15. The number of β-amino-alcohol motifs (C(OH)–C–C–N with tert-alkyl or cyclic N) is 2. The van der Waals surface area contributed by atoms with Gasteiger partial charge in [0, 0.05) is 43.9 Å². The maximum Gasteiger partial charge on any atom is 0.226 e. The standard InChI is InChI=1S/C18H35NO2.C17H33NO2.C17H33NO/c1-16(2,3)11-9-8-10-14(17(4,5)6)15(20)19-12-18(7,21)13-19;1-16(2,3)10-8-7-9-14(17(4,5)6)15(20)18-11-13(19)12-18;1-16(2,3)11-8-7-10-14(17(4,5)6)15(19)18-12-9-13-18/h14,21H,8-13H2,1-7H3;13-14,19H,7-12H2,1-6H3;14H,7-13H2,1-6H3. The molecule has 0 bridgehead atoms. The van der Waals surface area contributed by atoms with Gasteiger partial charge >= 0.3 is 0 Å². The second kappa shape index (κ2) is 22.8. The fraction of sp³-hybridized carbons (Fsp3) is 0.942. The van der Waals surface area contributed by atoms with Crippen LogP contribution in [0.15, 0.2) is 0 Å². The van der Waals surface area contributed by atoms with Crippen molar-refractivity contribution in [2.45, 2.75) is 227 Å². The zero-order valence-electron chi connectivity index (χ0n) is 43.2. The lowest BCUT2D eigenvalue weighted by Crippen LogP contribution is -2.63. The number of amides is 3. The van der Waals surface area contributed by atoms with E-state index in [0.717, 1.165) is 45.2 Å². The summed E-state index contributed by atoms with van der Waals surface area (Å²) in [6.07, 6.45) is 14.5. The van der Waals surface area contributed by atoms with Gasteiger partial charge in [0.25, 0.3) is 0 Å². The van der Waals surface area contributed by atoms with Gasteiger partial charge in [-0.05, 0) is 84.4 Å². The Balaban J connectivity index is 0.000000451. The van der Waals surface area contributed by atoms with Crippen molar-refractivity contribution in [3.05, 3.63) is 0 Å². The molecule has 3 aliphatic rings. The first-order valence-corrected chi connectivity index (χ1v) is 24.2. The van der Waals surface area contributed by atoms with Crippen molar-refractivity contribution in [2.75, 3.05) is 39.3 Å². The predicted octanol–water partition coefficient (Wildman–Crippen LogP) is 11.8. The van der Waals surface area contributed by atoms with Crippen molar-refractivity contribution < 1.29 is 24.6 Å². The van der Waals surface area contributed by atoms with Gasteiger partial charge in [0.1, 0.15) is 0 Å².